The Kier molecular flexibility index (Phi) is 10.6. The van der Waals surface area contributed by atoms with Crippen molar-refractivity contribution in [2.75, 3.05) is 19.0 Å². The van der Waals surface area contributed by atoms with E-state index in [4.69, 9.17) is 11.6 Å². The highest BCUT2D eigenvalue weighted by molar-refractivity contribution is 6.17. The van der Waals surface area contributed by atoms with Crippen LogP contribution in [-0.4, -0.2) is 29.9 Å². The molecule has 0 radical (unpaired) electrons. The van der Waals surface area contributed by atoms with Crippen LogP contribution in [0.2, 0.25) is 0 Å². The summed E-state index contributed by atoms with van der Waals surface area (Å²) in [4.78, 5) is 2.59. The quantitative estimate of drug-likeness (QED) is 0.513. The highest BCUT2D eigenvalue weighted by Crippen LogP contribution is 2.16. The van der Waals surface area contributed by atoms with Gasteiger partial charge in [-0.15, -0.1) is 11.6 Å². The first-order valence-electron chi connectivity index (χ1n) is 6.95. The highest BCUT2D eigenvalue weighted by atomic mass is 35.5. The lowest BCUT2D eigenvalue weighted by Gasteiger charge is -2.30. The Balaban J connectivity index is 4.01. The summed E-state index contributed by atoms with van der Waals surface area (Å²) in [6, 6.07) is 0.652. The topological polar surface area (TPSA) is 3.24 Å². The fraction of sp³-hybridized carbons (Fsp3) is 1.00. The third kappa shape index (κ3) is 7.51. The van der Waals surface area contributed by atoms with E-state index in [-0.39, 0.29) is 0 Å². The van der Waals surface area contributed by atoms with Crippen molar-refractivity contribution in [3.8, 4) is 0 Å². The van der Waals surface area contributed by atoms with Gasteiger partial charge in [0.05, 0.1) is 0 Å². The second kappa shape index (κ2) is 10.4. The van der Waals surface area contributed by atoms with E-state index in [1.807, 2.05) is 0 Å². The lowest BCUT2D eigenvalue weighted by Crippen LogP contribution is -2.36. The molecule has 1 atom stereocenters. The monoisotopic (exact) mass is 247 g/mol. The second-order valence-electron chi connectivity index (χ2n) is 5.05. The summed E-state index contributed by atoms with van der Waals surface area (Å²) < 4.78 is 0. The van der Waals surface area contributed by atoms with Crippen LogP contribution >= 0.6 is 11.6 Å². The number of alkyl halides is 1. The van der Waals surface area contributed by atoms with Crippen molar-refractivity contribution in [1.82, 2.24) is 4.90 Å². The molecule has 1 unspecified atom stereocenters. The van der Waals surface area contributed by atoms with Crippen LogP contribution in [0, 0.1) is 5.92 Å². The summed E-state index contributed by atoms with van der Waals surface area (Å²) in [5.41, 5.74) is 0. The van der Waals surface area contributed by atoms with Gasteiger partial charge in [0.1, 0.15) is 0 Å². The lowest BCUT2D eigenvalue weighted by molar-refractivity contribution is 0.179. The number of hydrogen-bond acceptors (Lipinski definition) is 1. The molecule has 0 aromatic carbocycles. The Labute approximate surface area is 108 Å². The maximum Gasteiger partial charge on any atom is 0.0235 e. The molecule has 0 aromatic heterocycles. The van der Waals surface area contributed by atoms with Gasteiger partial charge in [0.15, 0.2) is 0 Å². The molecule has 0 saturated heterocycles. The SMILES string of the molecule is CCCCC(CC)CN(CCCCl)C(C)C. The standard InChI is InChI=1S/C14H30ClN/c1-5-7-9-14(6-2)12-16(13(3)4)11-8-10-15/h13-14H,5-12H2,1-4H3. The van der Waals surface area contributed by atoms with E-state index in [2.05, 4.69) is 32.6 Å². The minimum Gasteiger partial charge on any atom is -0.301 e. The molecule has 0 bridgehead atoms. The van der Waals surface area contributed by atoms with Gasteiger partial charge in [-0.2, -0.15) is 0 Å². The predicted molar refractivity (Wildman–Crippen MR) is 75.4 cm³/mol. The van der Waals surface area contributed by atoms with Gasteiger partial charge in [-0.05, 0) is 39.2 Å². The van der Waals surface area contributed by atoms with E-state index in [1.54, 1.807) is 0 Å². The molecule has 2 heteroatoms. The maximum absolute atomic E-state index is 5.78. The van der Waals surface area contributed by atoms with Gasteiger partial charge in [0.2, 0.25) is 0 Å². The molecule has 16 heavy (non-hydrogen) atoms. The van der Waals surface area contributed by atoms with Crippen molar-refractivity contribution in [2.45, 2.75) is 65.8 Å². The molecule has 0 fully saturated rings. The molecule has 1 nitrogen and oxygen atoms in total. The Hall–Kier alpha value is 0.250. The molecule has 0 aliphatic heterocycles. The van der Waals surface area contributed by atoms with E-state index in [1.165, 1.54) is 32.2 Å². The first-order chi connectivity index (χ1) is 7.65. The molecule has 0 amide bonds. The summed E-state index contributed by atoms with van der Waals surface area (Å²) in [5.74, 6) is 1.66. The smallest absolute Gasteiger partial charge is 0.0235 e. The Morgan fingerprint density at radius 3 is 2.25 bits per heavy atom. The lowest BCUT2D eigenvalue weighted by atomic mass is 9.98. The Bertz CT molecular complexity index is 148. The van der Waals surface area contributed by atoms with Crippen LogP contribution in [0.5, 0.6) is 0 Å². The van der Waals surface area contributed by atoms with Crippen molar-refractivity contribution in [3.63, 3.8) is 0 Å². The zero-order valence-corrected chi connectivity index (χ0v) is 12.4. The zero-order valence-electron chi connectivity index (χ0n) is 11.6. The van der Waals surface area contributed by atoms with E-state index in [9.17, 15) is 0 Å². The molecule has 0 N–H and O–H groups in total. The molecule has 0 spiro atoms. The van der Waals surface area contributed by atoms with Crippen molar-refractivity contribution in [3.05, 3.63) is 0 Å². The summed E-state index contributed by atoms with van der Waals surface area (Å²) >= 11 is 5.78. The van der Waals surface area contributed by atoms with Gasteiger partial charge >= 0.3 is 0 Å². The Morgan fingerprint density at radius 1 is 1.12 bits per heavy atom. The molecule has 0 rings (SSSR count). The molecule has 0 heterocycles. The van der Waals surface area contributed by atoms with Crippen molar-refractivity contribution < 1.29 is 0 Å². The molecule has 0 aliphatic rings. The molecule has 0 aromatic rings. The van der Waals surface area contributed by atoms with Crippen LogP contribution < -0.4 is 0 Å². The van der Waals surface area contributed by atoms with E-state index >= 15 is 0 Å². The van der Waals surface area contributed by atoms with Crippen LogP contribution in [0.3, 0.4) is 0 Å². The van der Waals surface area contributed by atoms with Gasteiger partial charge < -0.3 is 4.90 Å². The summed E-state index contributed by atoms with van der Waals surface area (Å²) in [5, 5.41) is 0. The summed E-state index contributed by atoms with van der Waals surface area (Å²) in [7, 11) is 0. The molecule has 0 saturated carbocycles. The first kappa shape index (κ1) is 16.2. The van der Waals surface area contributed by atoms with E-state index < -0.39 is 0 Å². The summed E-state index contributed by atoms with van der Waals surface area (Å²) in [6.45, 7) is 11.6. The third-order valence-corrected chi connectivity index (χ3v) is 3.61. The number of nitrogens with zero attached hydrogens (tertiary/aromatic N) is 1. The van der Waals surface area contributed by atoms with Gasteiger partial charge in [-0.1, -0.05) is 33.1 Å². The van der Waals surface area contributed by atoms with Crippen LogP contribution in [0.15, 0.2) is 0 Å². The summed E-state index contributed by atoms with van der Waals surface area (Å²) in [6.07, 6.45) is 6.50. The fourth-order valence-corrected chi connectivity index (χ4v) is 2.19. The van der Waals surface area contributed by atoms with E-state index in [0.717, 1.165) is 24.8 Å². The first-order valence-corrected chi connectivity index (χ1v) is 7.49. The van der Waals surface area contributed by atoms with E-state index in [0.29, 0.717) is 6.04 Å². The zero-order chi connectivity index (χ0) is 12.4. The van der Waals surface area contributed by atoms with Crippen LogP contribution in [0.25, 0.3) is 0 Å². The van der Waals surface area contributed by atoms with Crippen LogP contribution in [0.1, 0.15) is 59.8 Å². The van der Waals surface area contributed by atoms with Crippen molar-refractivity contribution >= 4 is 11.6 Å². The number of rotatable bonds is 10. The predicted octanol–water partition coefficient (Wildman–Crippen LogP) is 4.54. The molecule has 98 valence electrons. The van der Waals surface area contributed by atoms with Gasteiger partial charge in [0, 0.05) is 18.5 Å². The van der Waals surface area contributed by atoms with Gasteiger partial charge in [-0.25, -0.2) is 0 Å². The average molecular weight is 248 g/mol. The van der Waals surface area contributed by atoms with Crippen molar-refractivity contribution in [2.24, 2.45) is 5.92 Å². The number of halogens is 1. The molecular formula is C14H30ClN. The van der Waals surface area contributed by atoms with Crippen LogP contribution in [0.4, 0.5) is 0 Å². The molecular weight excluding hydrogens is 218 g/mol. The number of hydrogen-bond donors (Lipinski definition) is 0. The highest BCUT2D eigenvalue weighted by Gasteiger charge is 2.14. The second-order valence-corrected chi connectivity index (χ2v) is 5.43. The molecule has 0 aliphatic carbocycles. The minimum absolute atomic E-state index is 0.652. The van der Waals surface area contributed by atoms with Crippen molar-refractivity contribution in [1.29, 1.82) is 0 Å². The maximum atomic E-state index is 5.78. The van der Waals surface area contributed by atoms with Gasteiger partial charge in [0.25, 0.3) is 0 Å². The largest absolute Gasteiger partial charge is 0.301 e. The average Bonchev–Trinajstić information content (AvgIpc) is 2.28. The minimum atomic E-state index is 0.652. The third-order valence-electron chi connectivity index (χ3n) is 3.35. The normalized spacial score (nSPS) is 13.7. The Morgan fingerprint density at radius 2 is 1.81 bits per heavy atom. The van der Waals surface area contributed by atoms with Gasteiger partial charge in [-0.3, -0.25) is 0 Å². The fourth-order valence-electron chi connectivity index (χ4n) is 2.07. The number of unbranched alkanes of at least 4 members (excludes halogenated alkanes) is 1. The van der Waals surface area contributed by atoms with Crippen LogP contribution in [-0.2, 0) is 0 Å².